The molecule has 0 atom stereocenters. The molecule has 0 heterocycles. The lowest BCUT2D eigenvalue weighted by Gasteiger charge is -2.23. The van der Waals surface area contributed by atoms with Crippen LogP contribution in [0.3, 0.4) is 0 Å². The van der Waals surface area contributed by atoms with E-state index in [9.17, 15) is 0 Å². The summed E-state index contributed by atoms with van der Waals surface area (Å²) in [6, 6.07) is 31.6. The Morgan fingerprint density at radius 3 is 1.43 bits per heavy atom. The maximum atomic E-state index is 3.57. The van der Waals surface area contributed by atoms with E-state index in [1.54, 1.807) is 0 Å². The van der Waals surface area contributed by atoms with Crippen molar-refractivity contribution >= 4 is 5.69 Å². The quantitative estimate of drug-likeness (QED) is 0.357. The number of hydrogen-bond donors (Lipinski definition) is 3. The minimum Gasteiger partial charge on any atom is -0.384 e. The van der Waals surface area contributed by atoms with Gasteiger partial charge in [0.25, 0.3) is 0 Å². The summed E-state index contributed by atoms with van der Waals surface area (Å²) in [6.45, 7) is 7.85. The van der Waals surface area contributed by atoms with E-state index in [0.29, 0.717) is 0 Å². The first-order valence-electron chi connectivity index (χ1n) is 10.9. The number of anilines is 1. The number of para-hydroxylation sites is 1. The van der Waals surface area contributed by atoms with Gasteiger partial charge in [0.1, 0.15) is 0 Å². The van der Waals surface area contributed by atoms with Gasteiger partial charge in [-0.05, 0) is 23.3 Å². The zero-order valence-electron chi connectivity index (χ0n) is 17.8. The van der Waals surface area contributed by atoms with Crippen molar-refractivity contribution in [1.29, 1.82) is 0 Å². The standard InChI is InChI=1S/C26H34N4/c1-4-10-24(11-5-1)22-27-16-19-30(21-18-29-26-14-8-3-9-15-26)20-17-28-23-25-12-6-2-7-13-25/h1-15,27-29H,16-23H2. The van der Waals surface area contributed by atoms with Crippen LogP contribution in [0.5, 0.6) is 0 Å². The van der Waals surface area contributed by atoms with Crippen molar-refractivity contribution < 1.29 is 0 Å². The summed E-state index contributed by atoms with van der Waals surface area (Å²) in [5.41, 5.74) is 3.85. The predicted octanol–water partition coefficient (Wildman–Crippen LogP) is 3.98. The molecule has 0 bridgehead atoms. The maximum Gasteiger partial charge on any atom is 0.0340 e. The Bertz CT molecular complexity index is 746. The molecule has 0 amide bonds. The fourth-order valence-corrected chi connectivity index (χ4v) is 3.38. The van der Waals surface area contributed by atoms with Gasteiger partial charge in [-0.3, -0.25) is 4.90 Å². The molecule has 3 aromatic carbocycles. The van der Waals surface area contributed by atoms with E-state index >= 15 is 0 Å². The van der Waals surface area contributed by atoms with E-state index in [1.165, 1.54) is 16.8 Å². The largest absolute Gasteiger partial charge is 0.384 e. The third-order valence-electron chi connectivity index (χ3n) is 5.08. The summed E-state index contributed by atoms with van der Waals surface area (Å²) in [4.78, 5) is 2.52. The predicted molar refractivity (Wildman–Crippen MR) is 128 cm³/mol. The van der Waals surface area contributed by atoms with Gasteiger partial charge in [0.05, 0.1) is 0 Å². The minimum atomic E-state index is 0.920. The SMILES string of the molecule is c1ccc(CNCCN(CCNCc2ccccc2)CCNc2ccccc2)cc1. The van der Waals surface area contributed by atoms with Crippen LogP contribution in [0.2, 0.25) is 0 Å². The Hall–Kier alpha value is -2.66. The smallest absolute Gasteiger partial charge is 0.0340 e. The van der Waals surface area contributed by atoms with Gasteiger partial charge in [-0.1, -0.05) is 78.9 Å². The van der Waals surface area contributed by atoms with Crippen LogP contribution in [0.15, 0.2) is 91.0 Å². The molecule has 4 heteroatoms. The Morgan fingerprint density at radius 1 is 0.500 bits per heavy atom. The second kappa shape index (κ2) is 13.5. The number of nitrogens with zero attached hydrogens (tertiary/aromatic N) is 1. The fraction of sp³-hybridized carbons (Fsp3) is 0.308. The molecule has 0 saturated heterocycles. The molecule has 4 nitrogen and oxygen atoms in total. The first-order valence-corrected chi connectivity index (χ1v) is 10.9. The molecule has 0 spiro atoms. The highest BCUT2D eigenvalue weighted by molar-refractivity contribution is 5.42. The van der Waals surface area contributed by atoms with Gasteiger partial charge in [0.15, 0.2) is 0 Å². The highest BCUT2D eigenvalue weighted by atomic mass is 15.2. The summed E-state index contributed by atoms with van der Waals surface area (Å²) < 4.78 is 0. The number of nitrogens with one attached hydrogen (secondary N) is 3. The first kappa shape index (κ1) is 22.0. The van der Waals surface area contributed by atoms with Crippen LogP contribution >= 0.6 is 0 Å². The molecule has 0 unspecified atom stereocenters. The molecule has 30 heavy (non-hydrogen) atoms. The van der Waals surface area contributed by atoms with Crippen molar-refractivity contribution in [2.24, 2.45) is 0 Å². The summed E-state index contributed by atoms with van der Waals surface area (Å²) in [5, 5.41) is 10.7. The second-order valence-corrected chi connectivity index (χ2v) is 7.46. The average Bonchev–Trinajstić information content (AvgIpc) is 2.81. The van der Waals surface area contributed by atoms with E-state index in [1.807, 2.05) is 6.07 Å². The Balaban J connectivity index is 1.38. The van der Waals surface area contributed by atoms with Crippen molar-refractivity contribution in [2.45, 2.75) is 13.1 Å². The summed E-state index contributed by atoms with van der Waals surface area (Å²) in [7, 11) is 0. The maximum absolute atomic E-state index is 3.57. The van der Waals surface area contributed by atoms with Crippen LogP contribution in [0, 0.1) is 0 Å². The Labute approximate surface area is 181 Å². The molecular weight excluding hydrogens is 368 g/mol. The molecule has 0 saturated carbocycles. The zero-order valence-corrected chi connectivity index (χ0v) is 17.8. The summed E-state index contributed by atoms with van der Waals surface area (Å²) >= 11 is 0. The molecule has 0 fully saturated rings. The number of rotatable bonds is 14. The van der Waals surface area contributed by atoms with E-state index in [0.717, 1.165) is 52.4 Å². The van der Waals surface area contributed by atoms with Gasteiger partial charge >= 0.3 is 0 Å². The summed E-state index contributed by atoms with van der Waals surface area (Å²) in [5.74, 6) is 0. The van der Waals surface area contributed by atoms with Crippen LogP contribution < -0.4 is 16.0 Å². The van der Waals surface area contributed by atoms with Crippen molar-refractivity contribution in [3.8, 4) is 0 Å². The molecule has 0 aliphatic rings. The third kappa shape index (κ3) is 8.78. The van der Waals surface area contributed by atoms with Gasteiger partial charge in [0, 0.05) is 58.0 Å². The topological polar surface area (TPSA) is 39.3 Å². The molecular formula is C26H34N4. The van der Waals surface area contributed by atoms with Gasteiger partial charge in [-0.15, -0.1) is 0 Å². The molecule has 0 radical (unpaired) electrons. The highest BCUT2D eigenvalue weighted by Crippen LogP contribution is 2.04. The Morgan fingerprint density at radius 2 is 0.933 bits per heavy atom. The van der Waals surface area contributed by atoms with Crippen LogP contribution in [-0.2, 0) is 13.1 Å². The molecule has 0 aromatic heterocycles. The molecule has 3 aromatic rings. The van der Waals surface area contributed by atoms with E-state index < -0.39 is 0 Å². The minimum absolute atomic E-state index is 0.920. The van der Waals surface area contributed by atoms with Crippen molar-refractivity contribution in [1.82, 2.24) is 15.5 Å². The van der Waals surface area contributed by atoms with E-state index in [-0.39, 0.29) is 0 Å². The van der Waals surface area contributed by atoms with E-state index in [2.05, 4.69) is 106 Å². The number of benzene rings is 3. The number of hydrogen-bond acceptors (Lipinski definition) is 4. The average molecular weight is 403 g/mol. The highest BCUT2D eigenvalue weighted by Gasteiger charge is 2.05. The van der Waals surface area contributed by atoms with Gasteiger partial charge in [-0.25, -0.2) is 0 Å². The monoisotopic (exact) mass is 402 g/mol. The second-order valence-electron chi connectivity index (χ2n) is 7.46. The van der Waals surface area contributed by atoms with E-state index in [4.69, 9.17) is 0 Å². The Kier molecular flexibility index (Phi) is 9.95. The molecule has 3 N–H and O–H groups in total. The van der Waals surface area contributed by atoms with Crippen LogP contribution in [0.1, 0.15) is 11.1 Å². The van der Waals surface area contributed by atoms with Crippen LogP contribution in [0.4, 0.5) is 5.69 Å². The first-order chi connectivity index (χ1) is 14.9. The lowest BCUT2D eigenvalue weighted by Crippen LogP contribution is -2.39. The zero-order chi connectivity index (χ0) is 20.7. The van der Waals surface area contributed by atoms with Gasteiger partial charge in [0.2, 0.25) is 0 Å². The molecule has 0 aliphatic heterocycles. The van der Waals surface area contributed by atoms with Crippen molar-refractivity contribution in [3.05, 3.63) is 102 Å². The normalized spacial score (nSPS) is 11.0. The van der Waals surface area contributed by atoms with Gasteiger partial charge < -0.3 is 16.0 Å². The lowest BCUT2D eigenvalue weighted by molar-refractivity contribution is 0.281. The van der Waals surface area contributed by atoms with Crippen LogP contribution in [0.25, 0.3) is 0 Å². The summed E-state index contributed by atoms with van der Waals surface area (Å²) in [6.07, 6.45) is 0. The van der Waals surface area contributed by atoms with Crippen LogP contribution in [-0.4, -0.2) is 44.2 Å². The lowest BCUT2D eigenvalue weighted by atomic mass is 10.2. The third-order valence-corrected chi connectivity index (χ3v) is 5.08. The van der Waals surface area contributed by atoms with Crippen molar-refractivity contribution in [2.75, 3.05) is 44.6 Å². The molecule has 3 rings (SSSR count). The molecule has 0 aliphatic carbocycles. The molecule has 158 valence electrons. The van der Waals surface area contributed by atoms with Crippen molar-refractivity contribution in [3.63, 3.8) is 0 Å². The van der Waals surface area contributed by atoms with Gasteiger partial charge in [-0.2, -0.15) is 0 Å². The fourth-order valence-electron chi connectivity index (χ4n) is 3.38.